The van der Waals surface area contributed by atoms with Crippen LogP contribution in [0.25, 0.3) is 0 Å². The normalized spacial score (nSPS) is 13.9. The highest BCUT2D eigenvalue weighted by Gasteiger charge is 2.26. The van der Waals surface area contributed by atoms with Crippen molar-refractivity contribution in [2.45, 2.75) is 62.2 Å². The van der Waals surface area contributed by atoms with E-state index >= 15 is 0 Å². The molecule has 0 aliphatic heterocycles. The third kappa shape index (κ3) is 9.35. The number of hydrogen-bond donors (Lipinski definition) is 4. The number of nitrogens with two attached hydrogens (primary N) is 1. The number of nitrogens with one attached hydrogen (secondary N) is 2. The molecule has 3 aromatic rings. The largest absolute Gasteiger partial charge is 0.391 e. The zero-order valence-electron chi connectivity index (χ0n) is 21.7. The predicted octanol–water partition coefficient (Wildman–Crippen LogP) is 3.97. The van der Waals surface area contributed by atoms with Gasteiger partial charge in [0.1, 0.15) is 0 Å². The van der Waals surface area contributed by atoms with Gasteiger partial charge in [0.2, 0.25) is 5.91 Å². The molecule has 0 radical (unpaired) electrons. The summed E-state index contributed by atoms with van der Waals surface area (Å²) in [6.45, 7) is 5.77. The fourth-order valence-corrected chi connectivity index (χ4v) is 4.79. The quantitative estimate of drug-likeness (QED) is 0.287. The van der Waals surface area contributed by atoms with Gasteiger partial charge in [-0.2, -0.15) is 0 Å². The highest BCUT2D eigenvalue weighted by molar-refractivity contribution is 7.99. The Bertz CT molecular complexity index is 1150. The monoisotopic (exact) mass is 519 g/mol. The van der Waals surface area contributed by atoms with Crippen LogP contribution in [0.1, 0.15) is 42.3 Å². The molecule has 0 saturated carbocycles. The standard InChI is InChI=1S/C30H37N3O3S/c1-30(2,3)33-28(35)24-17-11-10-14-22(24)19-27(34)26(18-21-12-6-4-7-13-21)32-29(36)25(31)20-37-23-15-8-5-9-16-23/h4-17,25-27,34H,18-20,31H2,1-3H3,(H,32,36)(H,33,35)/t25-,26+,27-/m1/s1. The molecule has 3 aromatic carbocycles. The number of hydrogen-bond acceptors (Lipinski definition) is 5. The number of thioether (sulfide) groups is 1. The highest BCUT2D eigenvalue weighted by Crippen LogP contribution is 2.19. The molecule has 0 heterocycles. The Balaban J connectivity index is 1.73. The number of rotatable bonds is 11. The van der Waals surface area contributed by atoms with Gasteiger partial charge in [-0.05, 0) is 56.5 Å². The van der Waals surface area contributed by atoms with E-state index in [0.717, 1.165) is 10.5 Å². The zero-order chi connectivity index (χ0) is 26.8. The number of aliphatic hydroxyl groups excluding tert-OH is 1. The van der Waals surface area contributed by atoms with Gasteiger partial charge in [-0.3, -0.25) is 9.59 Å². The van der Waals surface area contributed by atoms with Crippen LogP contribution < -0.4 is 16.4 Å². The van der Waals surface area contributed by atoms with Gasteiger partial charge in [0.25, 0.3) is 5.91 Å². The third-order valence-corrected chi connectivity index (χ3v) is 6.91. The van der Waals surface area contributed by atoms with Crippen LogP contribution in [0.2, 0.25) is 0 Å². The molecule has 5 N–H and O–H groups in total. The van der Waals surface area contributed by atoms with Gasteiger partial charge in [-0.25, -0.2) is 0 Å². The molecule has 37 heavy (non-hydrogen) atoms. The Hall–Kier alpha value is -3.13. The van der Waals surface area contributed by atoms with E-state index < -0.39 is 18.2 Å². The smallest absolute Gasteiger partial charge is 0.251 e. The summed E-state index contributed by atoms with van der Waals surface area (Å²) in [5.41, 5.74) is 8.04. The second kappa shape index (κ2) is 13.4. The van der Waals surface area contributed by atoms with Crippen LogP contribution in [0.3, 0.4) is 0 Å². The van der Waals surface area contributed by atoms with Crippen LogP contribution in [0.15, 0.2) is 89.8 Å². The number of benzene rings is 3. The van der Waals surface area contributed by atoms with Gasteiger partial charge in [0.05, 0.1) is 18.2 Å². The molecule has 0 saturated heterocycles. The van der Waals surface area contributed by atoms with E-state index in [1.807, 2.05) is 93.6 Å². The molecule has 0 fully saturated rings. The van der Waals surface area contributed by atoms with Crippen LogP contribution in [-0.2, 0) is 17.6 Å². The average Bonchev–Trinajstić information content (AvgIpc) is 2.87. The lowest BCUT2D eigenvalue weighted by Gasteiger charge is -2.27. The predicted molar refractivity (Wildman–Crippen MR) is 151 cm³/mol. The lowest BCUT2D eigenvalue weighted by molar-refractivity contribution is -0.123. The Morgan fingerprint density at radius 2 is 1.49 bits per heavy atom. The van der Waals surface area contributed by atoms with Gasteiger partial charge in [0, 0.05) is 28.2 Å². The summed E-state index contributed by atoms with van der Waals surface area (Å²) >= 11 is 1.52. The minimum atomic E-state index is -0.929. The van der Waals surface area contributed by atoms with E-state index in [0.29, 0.717) is 23.3 Å². The lowest BCUT2D eigenvalue weighted by Crippen LogP contribution is -2.52. The van der Waals surface area contributed by atoms with E-state index in [2.05, 4.69) is 10.6 Å². The summed E-state index contributed by atoms with van der Waals surface area (Å²) in [5, 5.41) is 17.3. The molecule has 2 amide bonds. The Kier molecular flexibility index (Phi) is 10.3. The summed E-state index contributed by atoms with van der Waals surface area (Å²) < 4.78 is 0. The maximum Gasteiger partial charge on any atom is 0.251 e. The topological polar surface area (TPSA) is 104 Å². The molecule has 3 rings (SSSR count). The first-order chi connectivity index (χ1) is 17.6. The molecule has 0 spiro atoms. The summed E-state index contributed by atoms with van der Waals surface area (Å²) in [7, 11) is 0. The first-order valence-corrected chi connectivity index (χ1v) is 13.5. The van der Waals surface area contributed by atoms with Crippen molar-refractivity contribution in [1.29, 1.82) is 0 Å². The van der Waals surface area contributed by atoms with Crippen molar-refractivity contribution in [2.24, 2.45) is 5.73 Å². The van der Waals surface area contributed by atoms with E-state index in [1.165, 1.54) is 11.8 Å². The first kappa shape index (κ1) is 28.4. The fourth-order valence-electron chi connectivity index (χ4n) is 3.91. The molecule has 3 atom stereocenters. The van der Waals surface area contributed by atoms with Crippen molar-refractivity contribution in [3.63, 3.8) is 0 Å². The lowest BCUT2D eigenvalue weighted by atomic mass is 9.93. The van der Waals surface area contributed by atoms with E-state index in [-0.39, 0.29) is 23.8 Å². The molecule has 0 unspecified atom stereocenters. The van der Waals surface area contributed by atoms with E-state index in [9.17, 15) is 14.7 Å². The second-order valence-corrected chi connectivity index (χ2v) is 11.3. The first-order valence-electron chi connectivity index (χ1n) is 12.5. The molecule has 0 aliphatic carbocycles. The SMILES string of the molecule is CC(C)(C)NC(=O)c1ccccc1C[C@@H](O)[C@H](Cc1ccccc1)NC(=O)[C@H](N)CSc1ccccc1. The molecule has 7 heteroatoms. The molecule has 6 nitrogen and oxygen atoms in total. The molecule has 196 valence electrons. The number of carbonyl (C=O) groups excluding carboxylic acids is 2. The third-order valence-electron chi connectivity index (χ3n) is 5.78. The van der Waals surface area contributed by atoms with Gasteiger partial charge in [-0.15, -0.1) is 11.8 Å². The van der Waals surface area contributed by atoms with Gasteiger partial charge < -0.3 is 21.5 Å². The summed E-state index contributed by atoms with van der Waals surface area (Å²) in [6.07, 6.45) is -0.288. The Morgan fingerprint density at radius 3 is 2.14 bits per heavy atom. The second-order valence-electron chi connectivity index (χ2n) is 10.2. The minimum Gasteiger partial charge on any atom is -0.391 e. The van der Waals surface area contributed by atoms with Crippen LogP contribution in [0.5, 0.6) is 0 Å². The maximum absolute atomic E-state index is 13.0. The van der Waals surface area contributed by atoms with Gasteiger partial charge >= 0.3 is 0 Å². The summed E-state index contributed by atoms with van der Waals surface area (Å²) in [4.78, 5) is 27.0. The van der Waals surface area contributed by atoms with Crippen molar-refractivity contribution in [3.8, 4) is 0 Å². The van der Waals surface area contributed by atoms with Crippen molar-refractivity contribution in [3.05, 3.63) is 102 Å². The van der Waals surface area contributed by atoms with Gasteiger partial charge in [-0.1, -0.05) is 66.7 Å². The number of aliphatic hydroxyl groups is 1. The van der Waals surface area contributed by atoms with Crippen molar-refractivity contribution in [2.75, 3.05) is 5.75 Å². The maximum atomic E-state index is 13.0. The highest BCUT2D eigenvalue weighted by atomic mass is 32.2. The molecule has 0 aliphatic rings. The molecular weight excluding hydrogens is 482 g/mol. The van der Waals surface area contributed by atoms with Crippen molar-refractivity contribution < 1.29 is 14.7 Å². The fraction of sp³-hybridized carbons (Fsp3) is 0.333. The summed E-state index contributed by atoms with van der Waals surface area (Å²) in [5.74, 6) is -0.0964. The summed E-state index contributed by atoms with van der Waals surface area (Å²) in [6, 6.07) is 25.4. The molecular formula is C30H37N3O3S. The van der Waals surface area contributed by atoms with E-state index in [4.69, 9.17) is 5.73 Å². The van der Waals surface area contributed by atoms with Crippen LogP contribution in [0.4, 0.5) is 0 Å². The number of carbonyl (C=O) groups is 2. The van der Waals surface area contributed by atoms with Crippen LogP contribution in [-0.4, -0.2) is 46.4 Å². The van der Waals surface area contributed by atoms with Crippen LogP contribution >= 0.6 is 11.8 Å². The Labute approximate surface area is 224 Å². The Morgan fingerprint density at radius 1 is 0.892 bits per heavy atom. The molecule has 0 aromatic heterocycles. The average molecular weight is 520 g/mol. The van der Waals surface area contributed by atoms with Gasteiger partial charge in [0.15, 0.2) is 0 Å². The minimum absolute atomic E-state index is 0.195. The zero-order valence-corrected chi connectivity index (χ0v) is 22.5. The van der Waals surface area contributed by atoms with Crippen molar-refractivity contribution >= 4 is 23.6 Å². The van der Waals surface area contributed by atoms with Crippen molar-refractivity contribution in [1.82, 2.24) is 10.6 Å². The number of amides is 2. The van der Waals surface area contributed by atoms with Crippen LogP contribution in [0, 0.1) is 0 Å². The van der Waals surface area contributed by atoms with E-state index in [1.54, 1.807) is 12.1 Å². The molecule has 0 bridgehead atoms.